The Kier molecular flexibility index (Phi) is 52.9. The zero-order valence-corrected chi connectivity index (χ0v) is 59.4. The average Bonchev–Trinajstić information content (AvgIpc) is 0.787. The van der Waals surface area contributed by atoms with Crippen molar-refractivity contribution in [2.45, 2.75) is 413 Å². The summed E-state index contributed by atoms with van der Waals surface area (Å²) in [4.78, 5) is 13.4. The van der Waals surface area contributed by atoms with Gasteiger partial charge in [-0.1, -0.05) is 294 Å². The molecular formula is C76H141NO18. The fourth-order valence-electron chi connectivity index (χ4n) is 13.2. The lowest BCUT2D eigenvalue weighted by atomic mass is 9.96. The van der Waals surface area contributed by atoms with Crippen molar-refractivity contribution in [3.63, 3.8) is 0 Å². The van der Waals surface area contributed by atoms with Crippen LogP contribution in [0.1, 0.15) is 309 Å². The molecule has 0 spiro atoms. The Hall–Kier alpha value is -1.99. The van der Waals surface area contributed by atoms with E-state index in [2.05, 4.69) is 43.5 Å². The van der Waals surface area contributed by atoms with Gasteiger partial charge in [-0.2, -0.15) is 0 Å². The van der Waals surface area contributed by atoms with Gasteiger partial charge in [0.05, 0.1) is 38.6 Å². The van der Waals surface area contributed by atoms with Gasteiger partial charge in [-0.3, -0.25) is 4.79 Å². The fourth-order valence-corrected chi connectivity index (χ4v) is 13.2. The van der Waals surface area contributed by atoms with Gasteiger partial charge in [-0.25, -0.2) is 0 Å². The van der Waals surface area contributed by atoms with Crippen LogP contribution in [-0.2, 0) is 33.2 Å². The van der Waals surface area contributed by atoms with Crippen molar-refractivity contribution in [1.82, 2.24) is 5.32 Å². The highest BCUT2D eigenvalue weighted by Crippen LogP contribution is 2.33. The minimum absolute atomic E-state index is 0.236. The van der Waals surface area contributed by atoms with Crippen LogP contribution in [0.3, 0.4) is 0 Å². The van der Waals surface area contributed by atoms with Crippen molar-refractivity contribution in [2.75, 3.05) is 26.4 Å². The summed E-state index contributed by atoms with van der Waals surface area (Å²) in [7, 11) is 0. The van der Waals surface area contributed by atoms with Crippen molar-refractivity contribution in [2.24, 2.45) is 0 Å². The lowest BCUT2D eigenvalue weighted by molar-refractivity contribution is -0.379. The molecule has 19 nitrogen and oxygen atoms in total. The second-order valence-electron chi connectivity index (χ2n) is 27.8. The molecule has 0 aromatic carbocycles. The van der Waals surface area contributed by atoms with Gasteiger partial charge in [0.2, 0.25) is 5.91 Å². The van der Waals surface area contributed by atoms with Gasteiger partial charge in [0.25, 0.3) is 0 Å². The standard InChI is InChI=1S/C76H141NO18/c1-3-5-7-9-11-13-15-17-19-21-22-23-24-25-26-27-28-29-30-31-32-33-34-35-36-38-39-41-43-45-47-49-51-53-60(81)59(77-64(82)54-52-50-48-46-44-42-40-37-20-18-16-14-12-10-8-6-4-2)58-90-74-70(88)67(85)72(62(56-79)92-74)95-76-71(89)68(86)73(63(57-80)93-76)94-75-69(87)66(84)65(83)61(55-78)91-75/h36,38,43,45,51,53,59-63,65-76,78-81,83-89H,3-35,37,39-42,44,46-50,52,54-58H2,1-2H3,(H,77,82)/b38-36+,45-43+,53-51+. The van der Waals surface area contributed by atoms with Crippen LogP contribution in [-0.4, -0.2) is 193 Å². The third kappa shape index (κ3) is 38.6. The van der Waals surface area contributed by atoms with Crippen LogP contribution in [0.25, 0.3) is 0 Å². The van der Waals surface area contributed by atoms with E-state index in [1.165, 1.54) is 231 Å². The summed E-state index contributed by atoms with van der Waals surface area (Å²) >= 11 is 0. The van der Waals surface area contributed by atoms with Crippen LogP contribution in [0.4, 0.5) is 0 Å². The second kappa shape index (κ2) is 57.6. The highest BCUT2D eigenvalue weighted by molar-refractivity contribution is 5.76. The monoisotopic (exact) mass is 1360 g/mol. The Morgan fingerprint density at radius 3 is 1.05 bits per heavy atom. The molecule has 0 aliphatic carbocycles. The van der Waals surface area contributed by atoms with E-state index in [1.807, 2.05) is 6.08 Å². The van der Waals surface area contributed by atoms with Crippen LogP contribution < -0.4 is 5.32 Å². The molecule has 3 aliphatic rings. The topological polar surface area (TPSA) is 307 Å². The van der Waals surface area contributed by atoms with Gasteiger partial charge in [-0.05, 0) is 44.9 Å². The Balaban J connectivity index is 1.39. The van der Waals surface area contributed by atoms with E-state index in [0.29, 0.717) is 12.8 Å². The van der Waals surface area contributed by atoms with E-state index < -0.39 is 124 Å². The quantitative estimate of drug-likeness (QED) is 0.0199. The van der Waals surface area contributed by atoms with Gasteiger partial charge in [-0.15, -0.1) is 0 Å². The Labute approximate surface area is 574 Å². The zero-order chi connectivity index (χ0) is 68.9. The summed E-state index contributed by atoms with van der Waals surface area (Å²) < 4.78 is 34.4. The van der Waals surface area contributed by atoms with E-state index >= 15 is 0 Å². The molecule has 3 fully saturated rings. The summed E-state index contributed by atoms with van der Waals surface area (Å²) in [5.74, 6) is -0.285. The number of allylic oxidation sites excluding steroid dienone is 5. The van der Waals surface area contributed by atoms with E-state index in [0.717, 1.165) is 44.9 Å². The Morgan fingerprint density at radius 2 is 0.674 bits per heavy atom. The predicted octanol–water partition coefficient (Wildman–Crippen LogP) is 11.9. The molecule has 3 rings (SSSR count). The van der Waals surface area contributed by atoms with Crippen molar-refractivity contribution in [1.29, 1.82) is 0 Å². The fraction of sp³-hybridized carbons (Fsp3) is 0.908. The van der Waals surface area contributed by atoms with Crippen molar-refractivity contribution in [3.8, 4) is 0 Å². The van der Waals surface area contributed by atoms with Crippen molar-refractivity contribution < 1.29 is 89.4 Å². The lowest BCUT2D eigenvalue weighted by Gasteiger charge is -2.48. The molecular weight excluding hydrogens is 1210 g/mol. The summed E-state index contributed by atoms with van der Waals surface area (Å²) in [6, 6.07) is -0.995. The summed E-state index contributed by atoms with van der Waals surface area (Å²) in [6.07, 6.45) is 42.9. The lowest BCUT2D eigenvalue weighted by Crippen LogP contribution is -2.66. The predicted molar refractivity (Wildman–Crippen MR) is 374 cm³/mol. The third-order valence-electron chi connectivity index (χ3n) is 19.4. The third-order valence-corrected chi connectivity index (χ3v) is 19.4. The van der Waals surface area contributed by atoms with Gasteiger partial charge < -0.3 is 89.9 Å². The molecule has 12 N–H and O–H groups in total. The van der Waals surface area contributed by atoms with Crippen LogP contribution in [0.5, 0.6) is 0 Å². The molecule has 17 unspecified atom stereocenters. The van der Waals surface area contributed by atoms with E-state index in [1.54, 1.807) is 6.08 Å². The number of hydrogen-bond acceptors (Lipinski definition) is 18. The van der Waals surface area contributed by atoms with E-state index in [4.69, 9.17) is 28.4 Å². The first kappa shape index (κ1) is 87.2. The number of hydrogen-bond donors (Lipinski definition) is 12. The molecule has 558 valence electrons. The molecule has 0 aromatic heterocycles. The first-order chi connectivity index (χ1) is 46.3. The molecule has 0 saturated carbocycles. The van der Waals surface area contributed by atoms with Gasteiger partial charge in [0.15, 0.2) is 18.9 Å². The van der Waals surface area contributed by atoms with E-state index in [9.17, 15) is 61.0 Å². The maximum absolute atomic E-state index is 13.4. The number of unbranched alkanes of at least 4 members (excludes halogenated alkanes) is 41. The molecule has 3 aliphatic heterocycles. The SMILES string of the molecule is CCCCCCCCCCCCCCCCCCCCCCCCC/C=C/CC/C=C/CC/C=C/C(O)C(COC1OC(CO)C(OC2OC(CO)C(OC3OC(CO)C(O)C(O)C3O)C(O)C2O)C(O)C1O)NC(=O)CCCCCCCCCCCCCCCCCCC. The largest absolute Gasteiger partial charge is 0.394 e. The summed E-state index contributed by atoms with van der Waals surface area (Å²) in [5.41, 5.74) is 0. The van der Waals surface area contributed by atoms with Gasteiger partial charge >= 0.3 is 0 Å². The molecule has 3 saturated heterocycles. The zero-order valence-electron chi connectivity index (χ0n) is 59.4. The number of nitrogens with one attached hydrogen (secondary N) is 1. The second-order valence-corrected chi connectivity index (χ2v) is 27.8. The van der Waals surface area contributed by atoms with Gasteiger partial charge in [0.1, 0.15) is 73.2 Å². The number of carbonyl (C=O) groups excluding carboxylic acids is 1. The number of aliphatic hydroxyl groups is 11. The number of aliphatic hydroxyl groups excluding tert-OH is 11. The van der Waals surface area contributed by atoms with Crippen molar-refractivity contribution >= 4 is 5.91 Å². The first-order valence-corrected chi connectivity index (χ1v) is 38.7. The Bertz CT molecular complexity index is 1860. The number of rotatable bonds is 61. The van der Waals surface area contributed by atoms with Crippen LogP contribution in [0, 0.1) is 0 Å². The molecule has 0 radical (unpaired) electrons. The van der Waals surface area contributed by atoms with Crippen LogP contribution in [0.2, 0.25) is 0 Å². The molecule has 1 amide bonds. The minimum Gasteiger partial charge on any atom is -0.394 e. The maximum atomic E-state index is 13.4. The highest BCUT2D eigenvalue weighted by Gasteiger charge is 2.53. The normalized spacial score (nSPS) is 27.4. The Morgan fingerprint density at radius 1 is 0.368 bits per heavy atom. The van der Waals surface area contributed by atoms with Crippen molar-refractivity contribution in [3.05, 3.63) is 36.5 Å². The maximum Gasteiger partial charge on any atom is 0.220 e. The number of ether oxygens (including phenoxy) is 6. The molecule has 0 bridgehead atoms. The summed E-state index contributed by atoms with van der Waals surface area (Å²) in [5, 5.41) is 121. The van der Waals surface area contributed by atoms with Crippen LogP contribution in [0.15, 0.2) is 36.5 Å². The molecule has 0 aromatic rings. The molecule has 3 heterocycles. The molecule has 17 atom stereocenters. The van der Waals surface area contributed by atoms with E-state index in [-0.39, 0.29) is 18.9 Å². The van der Waals surface area contributed by atoms with Crippen LogP contribution >= 0.6 is 0 Å². The minimum atomic E-state index is -1.98. The highest BCUT2D eigenvalue weighted by atomic mass is 16.8. The first-order valence-electron chi connectivity index (χ1n) is 38.7. The molecule has 19 heteroatoms. The average molecular weight is 1360 g/mol. The summed E-state index contributed by atoms with van der Waals surface area (Å²) in [6.45, 7) is 1.75. The number of amides is 1. The van der Waals surface area contributed by atoms with Gasteiger partial charge in [0, 0.05) is 6.42 Å². The molecule has 95 heavy (non-hydrogen) atoms. The number of carbonyl (C=O) groups is 1. The smallest absolute Gasteiger partial charge is 0.220 e.